The molecule has 3 saturated heterocycles. The fourth-order valence-electron chi connectivity index (χ4n) is 7.77. The molecule has 2 unspecified atom stereocenters. The summed E-state index contributed by atoms with van der Waals surface area (Å²) in [5.74, 6) is -1.56. The largest absolute Gasteiger partial charge is 0.497 e. The number of nitrogens with zero attached hydrogens (tertiary/aromatic N) is 3. The van der Waals surface area contributed by atoms with Crippen molar-refractivity contribution in [2.75, 3.05) is 43.2 Å². The van der Waals surface area contributed by atoms with Crippen molar-refractivity contribution in [1.29, 1.82) is 0 Å². The summed E-state index contributed by atoms with van der Waals surface area (Å²) >= 11 is 0. The van der Waals surface area contributed by atoms with E-state index in [1.54, 1.807) is 46.1 Å². The molecule has 5 atom stereocenters. The highest BCUT2D eigenvalue weighted by atomic mass is 16.5. The Kier molecular flexibility index (Phi) is 9.79. The number of hydrogen-bond acceptors (Lipinski definition) is 6. The van der Waals surface area contributed by atoms with Gasteiger partial charge in [-0.05, 0) is 74.9 Å². The van der Waals surface area contributed by atoms with Crippen LogP contribution >= 0.6 is 0 Å². The van der Waals surface area contributed by atoms with Gasteiger partial charge in [0.2, 0.25) is 11.8 Å². The van der Waals surface area contributed by atoms with Gasteiger partial charge in [0.1, 0.15) is 17.4 Å². The van der Waals surface area contributed by atoms with Gasteiger partial charge < -0.3 is 29.3 Å². The number of carbonyl (C=O) groups excluding carboxylic acids is 3. The number of likely N-dealkylation sites (tertiary alicyclic amines) is 1. The molecule has 3 amide bonds. The SMILES string of the molecule is C=CCN(C(=O)C1N(CCCCCO)C(=O)[C@@H]2[C@H](C(=O)N(CC=C)c3ccccc3)[C@]3(CC)CCC12O3)c1ccc(OC)cc1. The van der Waals surface area contributed by atoms with Crippen LogP contribution in [0.5, 0.6) is 5.75 Å². The molecule has 0 aliphatic carbocycles. The summed E-state index contributed by atoms with van der Waals surface area (Å²) < 4.78 is 12.3. The Morgan fingerprint density at radius 3 is 2.22 bits per heavy atom. The molecule has 2 aromatic carbocycles. The lowest BCUT2D eigenvalue weighted by Gasteiger charge is -2.37. The second kappa shape index (κ2) is 13.6. The first kappa shape index (κ1) is 32.4. The van der Waals surface area contributed by atoms with Crippen LogP contribution < -0.4 is 14.5 Å². The molecule has 45 heavy (non-hydrogen) atoms. The topological polar surface area (TPSA) is 99.6 Å². The second-order valence-corrected chi connectivity index (χ2v) is 12.2. The molecule has 5 rings (SSSR count). The van der Waals surface area contributed by atoms with E-state index in [2.05, 4.69) is 13.2 Å². The third-order valence-corrected chi connectivity index (χ3v) is 9.85. The lowest BCUT2D eigenvalue weighted by Crippen LogP contribution is -2.56. The lowest BCUT2D eigenvalue weighted by molar-refractivity contribution is -0.146. The van der Waals surface area contributed by atoms with Crippen LogP contribution in [-0.2, 0) is 19.1 Å². The average molecular weight is 616 g/mol. The summed E-state index contributed by atoms with van der Waals surface area (Å²) in [6, 6.07) is 15.7. The van der Waals surface area contributed by atoms with Crippen LogP contribution in [0.4, 0.5) is 11.4 Å². The monoisotopic (exact) mass is 615 g/mol. The normalized spacial score (nSPS) is 26.4. The Morgan fingerprint density at radius 1 is 0.978 bits per heavy atom. The molecule has 3 fully saturated rings. The average Bonchev–Trinajstić information content (AvgIpc) is 3.67. The minimum Gasteiger partial charge on any atom is -0.497 e. The molecule has 1 spiro atoms. The molecule has 0 radical (unpaired) electrons. The maximum Gasteiger partial charge on any atom is 0.253 e. The third kappa shape index (κ3) is 5.57. The molecule has 3 heterocycles. The first-order valence-electron chi connectivity index (χ1n) is 16.0. The van der Waals surface area contributed by atoms with Gasteiger partial charge in [0.05, 0.1) is 24.5 Å². The first-order valence-corrected chi connectivity index (χ1v) is 16.0. The minimum absolute atomic E-state index is 0.0603. The smallest absolute Gasteiger partial charge is 0.253 e. The van der Waals surface area contributed by atoms with Gasteiger partial charge in [0.25, 0.3) is 5.91 Å². The molecule has 2 aromatic rings. The number of ether oxygens (including phenoxy) is 2. The zero-order valence-corrected chi connectivity index (χ0v) is 26.4. The Bertz CT molecular complexity index is 1400. The van der Waals surface area contributed by atoms with Crippen molar-refractivity contribution in [2.24, 2.45) is 11.8 Å². The van der Waals surface area contributed by atoms with Crippen molar-refractivity contribution >= 4 is 29.1 Å². The lowest BCUT2D eigenvalue weighted by atomic mass is 9.64. The fourth-order valence-corrected chi connectivity index (χ4v) is 7.77. The van der Waals surface area contributed by atoms with Crippen molar-refractivity contribution < 1.29 is 29.0 Å². The first-order chi connectivity index (χ1) is 21.8. The third-order valence-electron chi connectivity index (χ3n) is 9.85. The molecule has 2 bridgehead atoms. The summed E-state index contributed by atoms with van der Waals surface area (Å²) in [4.78, 5) is 49.1. The van der Waals surface area contributed by atoms with E-state index in [0.29, 0.717) is 56.5 Å². The van der Waals surface area contributed by atoms with Gasteiger partial charge >= 0.3 is 0 Å². The predicted octanol–water partition coefficient (Wildman–Crippen LogP) is 4.75. The number of unbranched alkanes of at least 4 members (excludes halogenated alkanes) is 2. The highest BCUT2D eigenvalue weighted by molar-refractivity contribution is 6.06. The van der Waals surface area contributed by atoms with Crippen LogP contribution in [0.2, 0.25) is 0 Å². The minimum atomic E-state index is -1.15. The highest BCUT2D eigenvalue weighted by Crippen LogP contribution is 2.64. The number of aliphatic hydroxyl groups excluding tert-OH is 1. The van der Waals surface area contributed by atoms with Crippen LogP contribution in [0.3, 0.4) is 0 Å². The van der Waals surface area contributed by atoms with Gasteiger partial charge in [-0.2, -0.15) is 0 Å². The van der Waals surface area contributed by atoms with E-state index in [1.165, 1.54) is 0 Å². The second-order valence-electron chi connectivity index (χ2n) is 12.2. The number of amides is 3. The number of hydrogen-bond donors (Lipinski definition) is 1. The van der Waals surface area contributed by atoms with Crippen molar-refractivity contribution in [3.8, 4) is 5.75 Å². The van der Waals surface area contributed by atoms with Crippen molar-refractivity contribution in [3.05, 3.63) is 79.9 Å². The highest BCUT2D eigenvalue weighted by Gasteiger charge is 2.79. The summed E-state index contributed by atoms with van der Waals surface area (Å²) in [6.45, 7) is 10.7. The van der Waals surface area contributed by atoms with Crippen LogP contribution in [0, 0.1) is 11.8 Å². The van der Waals surface area contributed by atoms with E-state index in [4.69, 9.17) is 9.47 Å². The van der Waals surface area contributed by atoms with E-state index >= 15 is 0 Å². The summed E-state index contributed by atoms with van der Waals surface area (Å²) in [7, 11) is 1.59. The maximum atomic E-state index is 14.8. The van der Waals surface area contributed by atoms with E-state index in [9.17, 15) is 19.5 Å². The number of para-hydroxylation sites is 1. The summed E-state index contributed by atoms with van der Waals surface area (Å²) in [5, 5.41) is 9.37. The molecular weight excluding hydrogens is 570 g/mol. The van der Waals surface area contributed by atoms with Gasteiger partial charge in [-0.1, -0.05) is 37.3 Å². The number of rotatable bonds is 15. The van der Waals surface area contributed by atoms with Gasteiger partial charge in [-0.3, -0.25) is 14.4 Å². The number of carbonyl (C=O) groups is 3. The number of fused-ring (bicyclic) bond motifs is 1. The van der Waals surface area contributed by atoms with Crippen LogP contribution in [-0.4, -0.2) is 78.3 Å². The number of aliphatic hydroxyl groups is 1. The number of anilines is 2. The summed E-state index contributed by atoms with van der Waals surface area (Å²) in [5.41, 5.74) is -0.638. The maximum absolute atomic E-state index is 14.8. The molecule has 9 nitrogen and oxygen atoms in total. The molecular formula is C36H45N3O6. The van der Waals surface area contributed by atoms with Crippen LogP contribution in [0.25, 0.3) is 0 Å². The van der Waals surface area contributed by atoms with Gasteiger partial charge in [-0.15, -0.1) is 13.2 Å². The molecule has 3 aliphatic rings. The van der Waals surface area contributed by atoms with Gasteiger partial charge in [0.15, 0.2) is 0 Å². The predicted molar refractivity (Wildman–Crippen MR) is 174 cm³/mol. The summed E-state index contributed by atoms with van der Waals surface area (Å²) in [6.07, 6.45) is 6.90. The molecule has 9 heteroatoms. The van der Waals surface area contributed by atoms with E-state index in [1.807, 2.05) is 49.4 Å². The Labute approximate surface area is 266 Å². The van der Waals surface area contributed by atoms with Crippen LogP contribution in [0.15, 0.2) is 79.9 Å². The fraction of sp³-hybridized carbons (Fsp3) is 0.472. The van der Waals surface area contributed by atoms with Crippen molar-refractivity contribution in [3.63, 3.8) is 0 Å². The van der Waals surface area contributed by atoms with E-state index in [0.717, 1.165) is 5.69 Å². The zero-order chi connectivity index (χ0) is 32.2. The van der Waals surface area contributed by atoms with Gasteiger partial charge in [-0.25, -0.2) is 0 Å². The Balaban J connectivity index is 1.59. The Hall–Kier alpha value is -3.95. The molecule has 1 N–H and O–H groups in total. The van der Waals surface area contributed by atoms with Gasteiger partial charge in [0, 0.05) is 37.6 Å². The molecule has 0 saturated carbocycles. The standard InChI is InChI=1S/C36H45N3O6/c1-5-22-37(26-14-10-8-11-15-26)32(41)29-30-33(42)39(24-12-9-13-25-40)31(36(30)21-20-35(29,7-3)45-36)34(43)38(23-6-2)27-16-18-28(44-4)19-17-27/h5-6,8,10-11,14-19,29-31,40H,1-2,7,9,12-13,20-25H2,3-4H3/t29-,30+,31?,35+,36?/m1/s1. The van der Waals surface area contributed by atoms with E-state index in [-0.39, 0.29) is 37.4 Å². The van der Waals surface area contributed by atoms with Crippen molar-refractivity contribution in [1.82, 2.24) is 4.90 Å². The van der Waals surface area contributed by atoms with Crippen molar-refractivity contribution in [2.45, 2.75) is 62.7 Å². The molecule has 3 aliphatic heterocycles. The quantitative estimate of drug-likeness (QED) is 0.229. The molecule has 0 aromatic heterocycles. The number of methoxy groups -OCH3 is 1. The Morgan fingerprint density at radius 2 is 1.62 bits per heavy atom. The molecule has 240 valence electrons. The number of benzene rings is 2. The van der Waals surface area contributed by atoms with E-state index < -0.39 is 29.1 Å². The zero-order valence-electron chi connectivity index (χ0n) is 26.4. The van der Waals surface area contributed by atoms with Crippen LogP contribution in [0.1, 0.15) is 45.4 Å².